The first-order valence-corrected chi connectivity index (χ1v) is 26.8. The summed E-state index contributed by atoms with van der Waals surface area (Å²) in [6, 6.07) is 40.9. The summed E-state index contributed by atoms with van der Waals surface area (Å²) in [5.74, 6) is 5.27. The molecule has 16 nitrogen and oxygen atoms in total. The first-order chi connectivity index (χ1) is 39.1. The number of nitrogens with zero attached hydrogens (tertiary/aromatic N) is 4. The number of fused-ring (bicyclic) bond motifs is 2. The summed E-state index contributed by atoms with van der Waals surface area (Å²) < 4.78 is 50.6. The van der Waals surface area contributed by atoms with E-state index in [1.165, 1.54) is 38.6 Å². The van der Waals surface area contributed by atoms with Gasteiger partial charge in [0.25, 0.3) is 0 Å². The van der Waals surface area contributed by atoms with Crippen LogP contribution in [0.5, 0.6) is 57.5 Å². The van der Waals surface area contributed by atoms with Crippen molar-refractivity contribution in [2.75, 3.05) is 64.2 Å². The predicted octanol–water partition coefficient (Wildman–Crippen LogP) is 12.8. The zero-order chi connectivity index (χ0) is 56.6. The number of hydrogen-bond acceptors (Lipinski definition) is 16. The fourth-order valence-corrected chi connectivity index (χ4v) is 9.01. The minimum absolute atomic E-state index is 0.0176. The molecule has 10 rings (SSSR count). The van der Waals surface area contributed by atoms with Crippen molar-refractivity contribution in [2.24, 2.45) is 0 Å². The molecule has 4 heterocycles. The third-order valence-electron chi connectivity index (χ3n) is 12.5. The highest BCUT2D eigenvalue weighted by Crippen LogP contribution is 2.40. The first kappa shape index (κ1) is 59.4. The molecule has 20 heteroatoms. The van der Waals surface area contributed by atoms with Crippen molar-refractivity contribution in [3.05, 3.63) is 145 Å². The number of nitriles is 2. The van der Waals surface area contributed by atoms with Crippen molar-refractivity contribution in [2.45, 2.75) is 50.7 Å². The number of methoxy groups -OCH3 is 4. The molecule has 2 atom stereocenters. The maximum atomic E-state index is 10.0. The number of aromatic hydroxyl groups is 1. The van der Waals surface area contributed by atoms with Crippen LogP contribution in [0.2, 0.25) is 0 Å². The Morgan fingerprint density at radius 1 is 0.588 bits per heavy atom. The number of hydrogen-bond donors (Lipinski definition) is 3. The Bertz CT molecular complexity index is 3360. The van der Waals surface area contributed by atoms with Crippen molar-refractivity contribution in [1.82, 2.24) is 9.97 Å². The molecule has 0 saturated carbocycles. The van der Waals surface area contributed by atoms with Crippen LogP contribution in [0, 0.1) is 22.7 Å². The van der Waals surface area contributed by atoms with Gasteiger partial charge >= 0.3 is 0 Å². The van der Waals surface area contributed by atoms with E-state index in [2.05, 4.69) is 64.1 Å². The number of nitrogens with one attached hydrogen (secondary N) is 2. The zero-order valence-electron chi connectivity index (χ0n) is 44.9. The lowest BCUT2D eigenvalue weighted by molar-refractivity contribution is -0.0114. The van der Waals surface area contributed by atoms with Gasteiger partial charge < -0.3 is 58.4 Å². The van der Waals surface area contributed by atoms with Crippen molar-refractivity contribution >= 4 is 83.0 Å². The average Bonchev–Trinajstić information content (AvgIpc) is 3.51. The molecule has 3 N–H and O–H groups in total. The second-order valence-electron chi connectivity index (χ2n) is 17.8. The molecule has 2 aliphatic rings. The first-order valence-electron chi connectivity index (χ1n) is 25.7. The summed E-state index contributed by atoms with van der Waals surface area (Å²) in [6.45, 7) is 2.19. The molecule has 0 bridgehead atoms. The van der Waals surface area contributed by atoms with E-state index in [0.717, 1.165) is 61.6 Å². The second-order valence-corrected chi connectivity index (χ2v) is 18.5. The van der Waals surface area contributed by atoms with E-state index in [1.54, 1.807) is 33.6 Å². The highest BCUT2D eigenvalue weighted by Gasteiger charge is 2.20. The molecule has 2 fully saturated rings. The number of para-hydroxylation sites is 4. The van der Waals surface area contributed by atoms with Crippen molar-refractivity contribution in [3.8, 4) is 69.6 Å². The summed E-state index contributed by atoms with van der Waals surface area (Å²) in [5.41, 5.74) is 4.76. The molecule has 5 radical (unpaired) electrons. The van der Waals surface area contributed by atoms with Gasteiger partial charge in [-0.15, -0.1) is 0 Å². The van der Waals surface area contributed by atoms with Crippen molar-refractivity contribution in [3.63, 3.8) is 0 Å². The maximum absolute atomic E-state index is 10.0. The van der Waals surface area contributed by atoms with Crippen LogP contribution in [0.1, 0.15) is 49.7 Å². The normalized spacial score (nSPS) is 14.3. The molecule has 2 unspecified atom stereocenters. The summed E-state index contributed by atoms with van der Waals surface area (Å²) in [6.07, 6.45) is 10.7. The monoisotopic (exact) mass is 1140 g/mol. The highest BCUT2D eigenvalue weighted by atomic mass is 79.9. The molecule has 2 aliphatic heterocycles. The number of phenols is 1. The van der Waals surface area contributed by atoms with Gasteiger partial charge in [0.2, 0.25) is 0 Å². The van der Waals surface area contributed by atoms with Crippen molar-refractivity contribution < 1.29 is 47.7 Å². The largest absolute Gasteiger partial charge is 0.504 e. The summed E-state index contributed by atoms with van der Waals surface area (Å²) >= 11 is 3.39. The van der Waals surface area contributed by atoms with E-state index in [9.17, 15) is 15.6 Å². The highest BCUT2D eigenvalue weighted by molar-refractivity contribution is 9.09. The van der Waals surface area contributed by atoms with Gasteiger partial charge in [-0.25, -0.2) is 0 Å². The minimum Gasteiger partial charge on any atom is -0.504 e. The number of rotatable bonds is 16. The molecule has 0 spiro atoms. The standard InChI is InChI=1S/C30H29N3O5.C24H19N3O4.C6H11BrO.B3/c1-34-26-8-3-4-9-27(26)38-22-12-10-21(11-13-22)33-30-20(17-31)18-32-25-16-29(28(35-2)15-24(25)30)37-19-23-7-5-6-14-36-23;1-29-21-5-3-4-6-22(21)31-17-9-7-16(8-10-17)27-24-15(13-25)14-26-19-12-20(28)23(30-2)11-18(19)24;7-5-6-3-1-2-4-8-6;1-3-2/h3-4,8-13,15-16,18,23H,5-7,14,19H2,1-2H3,(H,32,33);3-12,14,28H,1-2H3,(H,26,27);6H,1-5H2;. The topological polar surface area (TPSA) is 201 Å². The molecule has 80 heavy (non-hydrogen) atoms. The molecule has 2 saturated heterocycles. The Kier molecular flexibility index (Phi) is 22.8. The molecular formula is C60H59B3BrN6O10. The number of aromatic nitrogens is 2. The zero-order valence-corrected chi connectivity index (χ0v) is 46.5. The van der Waals surface area contributed by atoms with Crippen LogP contribution in [0.15, 0.2) is 134 Å². The predicted molar refractivity (Wildman–Crippen MR) is 317 cm³/mol. The van der Waals surface area contributed by atoms with Crippen LogP contribution in [0.25, 0.3) is 21.8 Å². The molecule has 0 aliphatic carbocycles. The van der Waals surface area contributed by atoms with Gasteiger partial charge in [-0.3, -0.25) is 9.97 Å². The van der Waals surface area contributed by atoms with Gasteiger partial charge in [0.1, 0.15) is 30.2 Å². The van der Waals surface area contributed by atoms with Gasteiger partial charge in [-0.05, 0) is 123 Å². The number of alkyl halides is 1. The van der Waals surface area contributed by atoms with Gasteiger partial charge in [0, 0.05) is 87.8 Å². The van der Waals surface area contributed by atoms with Gasteiger partial charge in [-0.2, -0.15) is 10.5 Å². The Morgan fingerprint density at radius 2 is 1.02 bits per heavy atom. The van der Waals surface area contributed by atoms with E-state index < -0.39 is 0 Å². The maximum Gasteiger partial charge on any atom is 0.169 e. The van der Waals surface area contributed by atoms with Gasteiger partial charge in [-0.1, -0.05) is 40.2 Å². The molecule has 405 valence electrons. The lowest BCUT2D eigenvalue weighted by Gasteiger charge is -2.23. The fourth-order valence-electron chi connectivity index (χ4n) is 8.49. The van der Waals surface area contributed by atoms with Crippen molar-refractivity contribution in [1.29, 1.82) is 10.5 Å². The number of pyridine rings is 2. The van der Waals surface area contributed by atoms with Gasteiger partial charge in [0.05, 0.1) is 74.2 Å². The summed E-state index contributed by atoms with van der Waals surface area (Å²) in [5, 5.41) is 38.4. The Balaban J connectivity index is 0.000000197. The number of halogens is 1. The molecule has 2 aromatic heterocycles. The Hall–Kier alpha value is -8.29. The van der Waals surface area contributed by atoms with Crippen LogP contribution in [0.3, 0.4) is 0 Å². The Labute approximate surface area is 478 Å². The molecular weight excluding hydrogens is 1080 g/mol. The smallest absolute Gasteiger partial charge is 0.169 e. The summed E-state index contributed by atoms with van der Waals surface area (Å²) in [7, 11) is 16.3. The number of anilines is 4. The SMILES string of the molecule is BrCC1CCCCO1.COc1cc2c(Nc3ccc(Oc4ccccc4OC)cc3)c(C#N)cnc2cc1O.COc1cc2c(Nc3ccc(Oc4ccccc4OC)cc3)c(C#N)cnc2cc1OCC1CCCCO1.[B][B][B]. The van der Waals surface area contributed by atoms with Gasteiger partial charge in [0.15, 0.2) is 46.0 Å². The fraction of sp³-hybridized carbons (Fsp3) is 0.267. The molecule has 6 aromatic carbocycles. The van der Waals surface area contributed by atoms with E-state index >= 15 is 0 Å². The van der Waals surface area contributed by atoms with Crippen LogP contribution in [-0.4, -0.2) is 103 Å². The number of phenolic OH excluding ortho intramolecular Hbond substituents is 1. The Morgan fingerprint density at radius 3 is 1.44 bits per heavy atom. The van der Waals surface area contributed by atoms with Crippen LogP contribution in [0.4, 0.5) is 22.7 Å². The second kappa shape index (κ2) is 30.8. The lowest BCUT2D eigenvalue weighted by Crippen LogP contribution is -2.25. The number of ether oxygens (including phenoxy) is 9. The van der Waals surface area contributed by atoms with E-state index in [1.807, 2.05) is 109 Å². The van der Waals surface area contributed by atoms with Crippen LogP contribution in [-0.2, 0) is 9.47 Å². The quantitative estimate of drug-likeness (QED) is 0.0609. The van der Waals surface area contributed by atoms with E-state index in [0.29, 0.717) is 103 Å². The van der Waals surface area contributed by atoms with E-state index in [4.69, 9.17) is 42.6 Å². The average molecular weight is 1140 g/mol. The lowest BCUT2D eigenvalue weighted by atomic mass is 9.40. The van der Waals surface area contributed by atoms with Crippen LogP contribution >= 0.6 is 15.9 Å². The van der Waals surface area contributed by atoms with Crippen LogP contribution < -0.4 is 43.8 Å². The molecule has 8 aromatic rings. The third kappa shape index (κ3) is 16.2. The third-order valence-corrected chi connectivity index (χ3v) is 13.3. The minimum atomic E-state index is -0.0176. The number of benzene rings is 6. The molecule has 0 amide bonds. The summed E-state index contributed by atoms with van der Waals surface area (Å²) in [4.78, 5) is 8.76. The van der Waals surface area contributed by atoms with E-state index in [-0.39, 0.29) is 11.9 Å².